The summed E-state index contributed by atoms with van der Waals surface area (Å²) in [7, 11) is -3.02. The highest BCUT2D eigenvalue weighted by Crippen LogP contribution is 2.60. The number of carbonyl (C=O) groups excluding carboxylic acids is 4. The normalized spacial score (nSPS) is 28.9. The van der Waals surface area contributed by atoms with E-state index >= 15 is 4.79 Å². The lowest BCUT2D eigenvalue weighted by atomic mass is 9.82. The van der Waals surface area contributed by atoms with Crippen molar-refractivity contribution in [2.75, 3.05) is 40.9 Å². The fraction of sp³-hybridized carbons (Fsp3) is 0.556. The molecule has 12 heteroatoms. The van der Waals surface area contributed by atoms with Crippen molar-refractivity contribution in [1.29, 1.82) is 0 Å². The number of fused-ring (bicyclic) bond motifs is 2. The number of aliphatic hydroxyl groups excluding tert-OH is 1. The van der Waals surface area contributed by atoms with Gasteiger partial charge in [0, 0.05) is 60.9 Å². The fourth-order valence-corrected chi connectivity index (χ4v) is 11.6. The number of nitrogens with zero attached hydrogens (tertiary/aromatic N) is 4. The summed E-state index contributed by atoms with van der Waals surface area (Å²) in [6.45, 7) is 7.58. The average molecular weight is 675 g/mol. The highest BCUT2D eigenvalue weighted by Gasteiger charge is 2.66. The summed E-state index contributed by atoms with van der Waals surface area (Å²) in [6, 6.07) is 13.2. The van der Waals surface area contributed by atoms with Crippen LogP contribution in [0.2, 0.25) is 18.6 Å². The molecule has 256 valence electrons. The van der Waals surface area contributed by atoms with Gasteiger partial charge in [0.1, 0.15) is 0 Å². The molecule has 11 nitrogen and oxygen atoms in total. The molecule has 0 aromatic heterocycles. The van der Waals surface area contributed by atoms with Crippen molar-refractivity contribution in [3.63, 3.8) is 0 Å². The van der Waals surface area contributed by atoms with Gasteiger partial charge in [0.2, 0.25) is 17.7 Å². The smallest absolute Gasteiger partial charge is 0.264 e. The zero-order valence-corrected chi connectivity index (χ0v) is 29.1. The summed E-state index contributed by atoms with van der Waals surface area (Å²) in [4.78, 5) is 72.8. The first-order valence-electron chi connectivity index (χ1n) is 17.4. The highest BCUT2D eigenvalue weighted by molar-refractivity contribution is 6.71. The first-order chi connectivity index (χ1) is 22.9. The molecule has 0 bridgehead atoms. The Morgan fingerprint density at radius 2 is 1.65 bits per heavy atom. The summed E-state index contributed by atoms with van der Waals surface area (Å²) in [6.07, 6.45) is 3.42. The van der Waals surface area contributed by atoms with Crippen molar-refractivity contribution in [3.8, 4) is 0 Å². The fourth-order valence-electron chi connectivity index (χ4n) is 9.08. The van der Waals surface area contributed by atoms with Crippen molar-refractivity contribution < 1.29 is 33.8 Å². The summed E-state index contributed by atoms with van der Waals surface area (Å²) in [5.41, 5.74) is 1.78. The number of carbonyl (C=O) groups is 4. The number of rotatable bonds is 8. The van der Waals surface area contributed by atoms with E-state index in [4.69, 9.17) is 4.74 Å². The predicted molar refractivity (Wildman–Crippen MR) is 183 cm³/mol. The second-order valence-corrected chi connectivity index (χ2v) is 18.7. The third kappa shape index (κ3) is 5.37. The van der Waals surface area contributed by atoms with Crippen LogP contribution in [0.3, 0.4) is 0 Å². The summed E-state index contributed by atoms with van der Waals surface area (Å²) in [5.74, 6) is -0.745. The van der Waals surface area contributed by atoms with Gasteiger partial charge in [-0.3, -0.25) is 19.2 Å². The Kier molecular flexibility index (Phi) is 8.50. The average Bonchev–Trinajstić information content (AvgIpc) is 3.87. The van der Waals surface area contributed by atoms with Crippen LogP contribution in [0.4, 0.5) is 17.1 Å². The maximum Gasteiger partial charge on any atom is 0.264 e. The van der Waals surface area contributed by atoms with Gasteiger partial charge in [-0.25, -0.2) is 0 Å². The summed E-state index contributed by atoms with van der Waals surface area (Å²) < 4.78 is 6.95. The topological polar surface area (TPSA) is 131 Å². The number of hydrogen-bond donors (Lipinski definition) is 2. The van der Waals surface area contributed by atoms with Crippen molar-refractivity contribution in [3.05, 3.63) is 53.6 Å². The molecule has 4 amide bonds. The second-order valence-electron chi connectivity index (χ2n) is 14.7. The molecule has 0 saturated carbocycles. The Hall–Kier alpha value is -3.58. The van der Waals surface area contributed by atoms with Crippen molar-refractivity contribution in [2.24, 2.45) is 5.92 Å². The van der Waals surface area contributed by atoms with E-state index in [1.54, 1.807) is 19.6 Å². The maximum atomic E-state index is 15.0. The molecule has 0 unspecified atom stereocenters. The maximum absolute atomic E-state index is 15.0. The summed E-state index contributed by atoms with van der Waals surface area (Å²) in [5, 5.41) is 9.90. The van der Waals surface area contributed by atoms with E-state index in [1.165, 1.54) is 0 Å². The molecule has 2 aromatic rings. The van der Waals surface area contributed by atoms with Gasteiger partial charge in [-0.05, 0) is 74.7 Å². The molecular weight excluding hydrogens is 629 g/mol. The lowest BCUT2D eigenvalue weighted by Gasteiger charge is -2.33. The molecule has 4 saturated heterocycles. The van der Waals surface area contributed by atoms with Crippen molar-refractivity contribution in [1.82, 2.24) is 4.90 Å². The zero-order chi connectivity index (χ0) is 34.0. The van der Waals surface area contributed by atoms with Crippen LogP contribution in [0.15, 0.2) is 42.5 Å². The third-order valence-electron chi connectivity index (χ3n) is 11.3. The molecule has 2 aromatic carbocycles. The van der Waals surface area contributed by atoms with Crippen LogP contribution >= 0.6 is 0 Å². The van der Waals surface area contributed by atoms with Gasteiger partial charge >= 0.3 is 0 Å². The zero-order valence-electron chi connectivity index (χ0n) is 28.1. The number of anilines is 3. The monoisotopic (exact) mass is 674 g/mol. The largest absolute Gasteiger partial charge is 0.432 e. The molecule has 2 N–H and O–H groups in total. The molecule has 4 fully saturated rings. The van der Waals surface area contributed by atoms with E-state index in [9.17, 15) is 24.3 Å². The van der Waals surface area contributed by atoms with Crippen molar-refractivity contribution in [2.45, 2.75) is 94.8 Å². The number of benzene rings is 2. The van der Waals surface area contributed by atoms with Crippen molar-refractivity contribution >= 4 is 49.0 Å². The van der Waals surface area contributed by atoms with Gasteiger partial charge in [-0.15, -0.1) is 0 Å². The molecule has 0 radical (unpaired) electrons. The lowest BCUT2D eigenvalue weighted by molar-refractivity contribution is -0.150. The molecular formula is C36H46N4O7Si. The number of hydrogen-bond acceptors (Lipinski definition) is 7. The molecule has 0 aliphatic carbocycles. The van der Waals surface area contributed by atoms with E-state index in [2.05, 4.69) is 0 Å². The standard InChI is InChI=1S/C36H46N4O7Si/c1-23-34(48(2,3)46)30(20-33(44)39-15-5-10-27(39)22-41)47-36(23)28-19-26(38-17-7-12-32(38)43)13-14-29(28)40(35(36)45)21-24-8-4-9-25(18-24)37-16-6-11-31(37)42/h4,8-9,13-14,18-19,23,27,30,34,41,46H,5-7,10-12,15-17,20-22H2,1-3H3/t23-,27-,30+,34-,36+/m0/s1. The number of likely N-dealkylation sites (tertiary alicyclic amines) is 1. The Morgan fingerprint density at radius 1 is 0.958 bits per heavy atom. The highest BCUT2D eigenvalue weighted by atomic mass is 28.4. The van der Waals surface area contributed by atoms with Crippen LogP contribution < -0.4 is 14.7 Å². The molecule has 5 aliphatic rings. The van der Waals surface area contributed by atoms with E-state index < -0.39 is 31.5 Å². The third-order valence-corrected chi connectivity index (χ3v) is 13.8. The van der Waals surface area contributed by atoms with Crippen LogP contribution in [0.25, 0.3) is 0 Å². The molecule has 7 rings (SSSR count). The van der Waals surface area contributed by atoms with Crippen LogP contribution in [0.1, 0.15) is 63.0 Å². The Labute approximate surface area is 282 Å². The van der Waals surface area contributed by atoms with E-state index in [-0.39, 0.29) is 49.2 Å². The first kappa shape index (κ1) is 32.9. The lowest BCUT2D eigenvalue weighted by Crippen LogP contribution is -2.46. The molecule has 5 aliphatic heterocycles. The number of amides is 4. The molecule has 1 spiro atoms. The Balaban J connectivity index is 1.28. The van der Waals surface area contributed by atoms with Crippen LogP contribution in [0.5, 0.6) is 0 Å². The minimum Gasteiger partial charge on any atom is -0.432 e. The quantitative estimate of drug-likeness (QED) is 0.409. The molecule has 5 heterocycles. The first-order valence-corrected chi connectivity index (χ1v) is 20.4. The number of aliphatic hydroxyl groups is 1. The van der Waals surface area contributed by atoms with Gasteiger partial charge in [0.25, 0.3) is 5.91 Å². The van der Waals surface area contributed by atoms with E-state index in [0.717, 1.165) is 36.9 Å². The molecule has 48 heavy (non-hydrogen) atoms. The Bertz CT molecular complexity index is 1640. The van der Waals surface area contributed by atoms with E-state index in [0.29, 0.717) is 49.4 Å². The summed E-state index contributed by atoms with van der Waals surface area (Å²) >= 11 is 0. The SMILES string of the molecule is C[C@H]1[C@H]([Si](C)(C)O)[C@@H](CC(=O)N2CCC[C@H]2CO)O[C@]12C(=O)N(Cc1cccc(N3CCCC3=O)c1)c1ccc(N3CCCC3=O)cc12. The van der Waals surface area contributed by atoms with Crippen LogP contribution in [-0.2, 0) is 36.1 Å². The van der Waals surface area contributed by atoms with Gasteiger partial charge in [0.15, 0.2) is 13.9 Å². The van der Waals surface area contributed by atoms with Gasteiger partial charge < -0.3 is 34.2 Å². The van der Waals surface area contributed by atoms with Crippen LogP contribution in [0, 0.1) is 5.92 Å². The second kappa shape index (κ2) is 12.4. The van der Waals surface area contributed by atoms with E-state index in [1.807, 2.05) is 62.5 Å². The molecule has 5 atom stereocenters. The number of ether oxygens (including phenoxy) is 1. The van der Waals surface area contributed by atoms with Gasteiger partial charge in [-0.1, -0.05) is 19.1 Å². The van der Waals surface area contributed by atoms with Gasteiger partial charge in [-0.2, -0.15) is 0 Å². The van der Waals surface area contributed by atoms with Crippen LogP contribution in [-0.4, -0.2) is 85.1 Å². The van der Waals surface area contributed by atoms with Gasteiger partial charge in [0.05, 0.1) is 37.4 Å². The Morgan fingerprint density at radius 3 is 2.27 bits per heavy atom. The minimum absolute atomic E-state index is 0.00305. The predicted octanol–water partition coefficient (Wildman–Crippen LogP) is 3.66. The minimum atomic E-state index is -3.02.